The van der Waals surface area contributed by atoms with Crippen molar-refractivity contribution in [2.45, 2.75) is 0 Å². The third-order valence-corrected chi connectivity index (χ3v) is 6.95. The van der Waals surface area contributed by atoms with E-state index in [1.807, 2.05) is 0 Å². The average Bonchev–Trinajstić information content (AvgIpc) is 3.74. The molecule has 1 heteroatoms. The van der Waals surface area contributed by atoms with Gasteiger partial charge in [0.2, 0.25) is 0 Å². The third kappa shape index (κ3) is 3.72. The van der Waals surface area contributed by atoms with Crippen molar-refractivity contribution in [3.05, 3.63) is 157 Å². The van der Waals surface area contributed by atoms with E-state index in [1.165, 1.54) is 0 Å². The molecule has 0 radical (unpaired) electrons. The molecule has 9 rings (SSSR count). The Bertz CT molecular complexity index is 3850. The molecule has 0 N–H and O–H groups in total. The highest BCUT2D eigenvalue weighted by atomic mass is 16.3. The first kappa shape index (κ1) is 9.69. The summed E-state index contributed by atoms with van der Waals surface area (Å²) in [6.07, 6.45) is 0. The van der Waals surface area contributed by atoms with Crippen LogP contribution in [0.15, 0.2) is 162 Å². The maximum Gasteiger partial charge on any atom is 0.135 e. The molecule has 0 spiro atoms. The summed E-state index contributed by atoms with van der Waals surface area (Å²) in [6.45, 7) is 0. The minimum Gasteiger partial charge on any atom is -0.456 e. The number of furan rings is 1. The fourth-order valence-corrected chi connectivity index (χ4v) is 5.15. The van der Waals surface area contributed by atoms with Gasteiger partial charge in [-0.25, -0.2) is 0 Å². The summed E-state index contributed by atoms with van der Waals surface area (Å²) in [7, 11) is 0. The van der Waals surface area contributed by atoms with Gasteiger partial charge < -0.3 is 4.42 Å². The van der Waals surface area contributed by atoms with E-state index in [4.69, 9.17) is 27.7 Å². The third-order valence-electron chi connectivity index (χ3n) is 6.95. The fraction of sp³-hybridized carbons (Fsp3) is 0. The summed E-state index contributed by atoms with van der Waals surface area (Å²) in [5, 5.41) is -5.17. The van der Waals surface area contributed by atoms with E-state index in [0.717, 1.165) is 0 Å². The zero-order valence-electron chi connectivity index (χ0n) is 47.4. The lowest BCUT2D eigenvalue weighted by atomic mass is 9.84. The molecular weight excluding hydrogens is 520 g/mol. The summed E-state index contributed by atoms with van der Waals surface area (Å²) in [4.78, 5) is 0. The van der Waals surface area contributed by atoms with Crippen LogP contribution < -0.4 is 0 Å². The normalized spacial score (nSPS) is 20.2. The molecule has 43 heavy (non-hydrogen) atoms. The highest BCUT2D eigenvalue weighted by Crippen LogP contribution is 2.46. The molecular formula is C42H26O. The van der Waals surface area contributed by atoms with Crippen molar-refractivity contribution in [1.82, 2.24) is 0 Å². The molecule has 9 aromatic rings. The van der Waals surface area contributed by atoms with Crippen molar-refractivity contribution in [3.63, 3.8) is 0 Å². The van der Waals surface area contributed by atoms with Gasteiger partial charge >= 0.3 is 0 Å². The zero-order valence-corrected chi connectivity index (χ0v) is 21.4. The van der Waals surface area contributed by atoms with Crippen LogP contribution in [0.4, 0.5) is 0 Å². The van der Waals surface area contributed by atoms with Crippen molar-refractivity contribution in [2.75, 3.05) is 0 Å². The minimum atomic E-state index is -0.975. The maximum absolute atomic E-state index is 9.83. The van der Waals surface area contributed by atoms with Crippen molar-refractivity contribution in [2.24, 2.45) is 0 Å². The molecule has 8 aromatic carbocycles. The predicted molar refractivity (Wildman–Crippen MR) is 183 cm³/mol. The molecule has 0 unspecified atom stereocenters. The number of fused-ring (bicyclic) bond motifs is 6. The largest absolute Gasteiger partial charge is 0.456 e. The number of hydrogen-bond donors (Lipinski definition) is 0. The quantitative estimate of drug-likeness (QED) is 0.192. The Labute approximate surface area is 285 Å². The molecule has 0 aliphatic heterocycles. The van der Waals surface area contributed by atoms with E-state index in [9.17, 15) is 12.3 Å². The van der Waals surface area contributed by atoms with Gasteiger partial charge in [0, 0.05) is 10.8 Å². The fourth-order valence-electron chi connectivity index (χ4n) is 5.15. The van der Waals surface area contributed by atoms with Crippen LogP contribution in [0.3, 0.4) is 0 Å². The smallest absolute Gasteiger partial charge is 0.135 e. The predicted octanol–water partition coefficient (Wildman–Crippen LogP) is 12.0. The average molecular weight is 573 g/mol. The summed E-state index contributed by atoms with van der Waals surface area (Å²) in [5.74, 6) is 0. The van der Waals surface area contributed by atoms with Gasteiger partial charge in [-0.3, -0.25) is 0 Å². The van der Waals surface area contributed by atoms with Gasteiger partial charge in [0.15, 0.2) is 0 Å². The molecule has 0 aliphatic carbocycles. The van der Waals surface area contributed by atoms with Crippen molar-refractivity contribution in [3.8, 4) is 33.4 Å². The second-order valence-corrected chi connectivity index (χ2v) is 9.26. The van der Waals surface area contributed by atoms with Gasteiger partial charge in [0.25, 0.3) is 0 Å². The molecule has 0 aliphatic rings. The Morgan fingerprint density at radius 3 is 1.53 bits per heavy atom. The van der Waals surface area contributed by atoms with E-state index in [-0.39, 0.29) is 0 Å². The molecule has 0 saturated heterocycles. The van der Waals surface area contributed by atoms with Crippen LogP contribution in [-0.4, -0.2) is 0 Å². The SMILES string of the molecule is [2H]c1c([2H])c([2H])c(-c2c([2H])c([2H])c3oc4c([2H])c([2H])c(-c5c6c([2H])c([2H])c([2H])c([2H])c6c(-c6c([2H])c([2H])c([2H])c7c([2H])c([2H])c([2H])c([2H])c67)c6c([2H])c([2H])c([2H])c([2H])c56)c([2H])c4c3c2[2H])c([2H])c1[2H]. The molecule has 200 valence electrons. The maximum atomic E-state index is 9.83. The Hall–Kier alpha value is -5.66. The van der Waals surface area contributed by atoms with Crippen LogP contribution in [0, 0.1) is 0 Å². The molecule has 0 amide bonds. The summed E-state index contributed by atoms with van der Waals surface area (Å²) < 4.78 is 238. The molecule has 0 atom stereocenters. The Kier molecular flexibility index (Phi) is 2.13. The Morgan fingerprint density at radius 1 is 0.349 bits per heavy atom. The van der Waals surface area contributed by atoms with Gasteiger partial charge in [-0.2, -0.15) is 0 Å². The first-order valence-corrected chi connectivity index (χ1v) is 12.7. The highest BCUT2D eigenvalue weighted by molar-refractivity contribution is 6.24. The van der Waals surface area contributed by atoms with Gasteiger partial charge in [-0.1, -0.05) is 133 Å². The Balaban J connectivity index is 1.61. The molecule has 1 nitrogen and oxygen atoms in total. The second kappa shape index (κ2) is 9.44. The monoisotopic (exact) mass is 572 g/mol. The lowest BCUT2D eigenvalue weighted by Crippen LogP contribution is -1.91. The van der Waals surface area contributed by atoms with Crippen LogP contribution in [0.1, 0.15) is 35.6 Å². The molecule has 0 bridgehead atoms. The lowest BCUT2D eigenvalue weighted by Gasteiger charge is -2.18. The van der Waals surface area contributed by atoms with Gasteiger partial charge in [-0.15, -0.1) is 0 Å². The zero-order chi connectivity index (χ0) is 51.0. The lowest BCUT2D eigenvalue weighted by molar-refractivity contribution is 0.669. The molecule has 0 fully saturated rings. The Morgan fingerprint density at radius 2 is 0.860 bits per heavy atom. The highest BCUT2D eigenvalue weighted by Gasteiger charge is 2.19. The molecule has 1 heterocycles. The summed E-state index contributed by atoms with van der Waals surface area (Å²) in [5.41, 5.74) is -5.46. The van der Waals surface area contributed by atoms with Crippen molar-refractivity contribution < 1.29 is 40.1 Å². The van der Waals surface area contributed by atoms with Crippen LogP contribution in [0.2, 0.25) is 0 Å². The topological polar surface area (TPSA) is 13.1 Å². The van der Waals surface area contributed by atoms with E-state index in [1.54, 1.807) is 0 Å². The van der Waals surface area contributed by atoms with E-state index < -0.39 is 245 Å². The van der Waals surface area contributed by atoms with Crippen LogP contribution >= 0.6 is 0 Å². The van der Waals surface area contributed by atoms with Gasteiger partial charge in [0.1, 0.15) is 11.2 Å². The van der Waals surface area contributed by atoms with E-state index in [0.29, 0.717) is 0 Å². The van der Waals surface area contributed by atoms with Crippen LogP contribution in [-0.2, 0) is 0 Å². The van der Waals surface area contributed by atoms with Crippen LogP contribution in [0.5, 0.6) is 0 Å². The van der Waals surface area contributed by atoms with E-state index in [2.05, 4.69) is 0 Å². The first-order chi connectivity index (χ1) is 32.2. The standard InChI is InChI=1S/C42H26O/c1-2-11-27(12-3-1)29-21-23-39-37(25-29)38-26-30(22-24-40(38)43-39)41-33-16-6-8-18-35(33)42(36-19-9-7-17-34(36)41)32-20-10-14-28-13-4-5-15-31(28)32/h1-26H/i1D,2D,3D,4D,5D,6D,7D,8D,9D,10D,11D,12D,13D,14D,15D,16D,17D,18D,19D,20D,21D,22D,23D,24D,25D,26D. The van der Waals surface area contributed by atoms with E-state index >= 15 is 0 Å². The number of rotatable bonds is 3. The van der Waals surface area contributed by atoms with Crippen molar-refractivity contribution in [1.29, 1.82) is 0 Å². The number of hydrogen-bond acceptors (Lipinski definition) is 1. The van der Waals surface area contributed by atoms with Gasteiger partial charge in [0.05, 0.1) is 35.6 Å². The molecule has 1 aromatic heterocycles. The number of benzene rings is 8. The first-order valence-electron chi connectivity index (χ1n) is 25.7. The minimum absolute atomic E-state index is 0.542. The molecule has 0 saturated carbocycles. The van der Waals surface area contributed by atoms with Gasteiger partial charge in [-0.05, 0) is 89.9 Å². The second-order valence-electron chi connectivity index (χ2n) is 9.26. The van der Waals surface area contributed by atoms with Crippen LogP contribution in [0.25, 0.3) is 87.6 Å². The summed E-state index contributed by atoms with van der Waals surface area (Å²) in [6, 6.07) is -23.5. The summed E-state index contributed by atoms with van der Waals surface area (Å²) >= 11 is 0. The van der Waals surface area contributed by atoms with Crippen molar-refractivity contribution >= 4 is 54.3 Å².